The van der Waals surface area contributed by atoms with Crippen LogP contribution in [0.25, 0.3) is 10.8 Å². The van der Waals surface area contributed by atoms with Gasteiger partial charge in [0.15, 0.2) is 6.10 Å². The molecule has 0 amide bonds. The third-order valence-corrected chi connectivity index (χ3v) is 3.87. The van der Waals surface area contributed by atoms with Crippen molar-refractivity contribution in [1.29, 1.82) is 0 Å². The van der Waals surface area contributed by atoms with Gasteiger partial charge in [-0.25, -0.2) is 4.79 Å². The van der Waals surface area contributed by atoms with E-state index in [4.69, 9.17) is 9.47 Å². The van der Waals surface area contributed by atoms with E-state index < -0.39 is 12.1 Å². The fraction of sp³-hybridized carbons (Fsp3) is 0.150. The number of rotatable bonds is 6. The second kappa shape index (κ2) is 7.04. The molecule has 1 atom stereocenters. The molecule has 1 N–H and O–H groups in total. The average molecular weight is 322 g/mol. The van der Waals surface area contributed by atoms with E-state index in [0.29, 0.717) is 5.75 Å². The Labute approximate surface area is 140 Å². The minimum atomic E-state index is -0.987. The van der Waals surface area contributed by atoms with Crippen LogP contribution in [-0.2, 0) is 11.2 Å². The summed E-state index contributed by atoms with van der Waals surface area (Å²) in [4.78, 5) is 11.6. The summed E-state index contributed by atoms with van der Waals surface area (Å²) in [6.45, 7) is 0. The minimum Gasteiger partial charge on any atom is -0.497 e. The lowest BCUT2D eigenvalue weighted by Gasteiger charge is -2.17. The molecule has 0 fully saturated rings. The van der Waals surface area contributed by atoms with Crippen LogP contribution in [0.5, 0.6) is 11.5 Å². The van der Waals surface area contributed by atoms with E-state index >= 15 is 0 Å². The van der Waals surface area contributed by atoms with Crippen molar-refractivity contribution in [3.63, 3.8) is 0 Å². The molecule has 0 aliphatic heterocycles. The number of hydrogen-bond acceptors (Lipinski definition) is 3. The Morgan fingerprint density at radius 1 is 1.00 bits per heavy atom. The first kappa shape index (κ1) is 15.9. The monoisotopic (exact) mass is 322 g/mol. The fourth-order valence-electron chi connectivity index (χ4n) is 2.61. The van der Waals surface area contributed by atoms with Crippen molar-refractivity contribution in [2.24, 2.45) is 0 Å². The molecular formula is C20H18O4. The highest BCUT2D eigenvalue weighted by Gasteiger charge is 2.21. The van der Waals surface area contributed by atoms with Gasteiger partial charge >= 0.3 is 5.97 Å². The molecule has 3 aromatic rings. The Bertz CT molecular complexity index is 834. The summed E-state index contributed by atoms with van der Waals surface area (Å²) >= 11 is 0. The molecule has 0 aliphatic carbocycles. The van der Waals surface area contributed by atoms with Crippen molar-refractivity contribution in [2.45, 2.75) is 12.5 Å². The Kier molecular flexibility index (Phi) is 4.66. The molecule has 0 bridgehead atoms. The molecule has 3 rings (SSSR count). The lowest BCUT2D eigenvalue weighted by atomic mass is 10.1. The molecule has 0 unspecified atom stereocenters. The maximum absolute atomic E-state index is 11.6. The molecule has 0 radical (unpaired) electrons. The van der Waals surface area contributed by atoms with Gasteiger partial charge < -0.3 is 14.6 Å². The predicted octanol–water partition coefficient (Wildman–Crippen LogP) is 3.92. The zero-order valence-electron chi connectivity index (χ0n) is 13.3. The third-order valence-electron chi connectivity index (χ3n) is 3.87. The van der Waals surface area contributed by atoms with Crippen molar-refractivity contribution in [2.75, 3.05) is 7.11 Å². The van der Waals surface area contributed by atoms with Crippen molar-refractivity contribution >= 4 is 16.7 Å². The van der Waals surface area contributed by atoms with E-state index in [1.807, 2.05) is 60.7 Å². The van der Waals surface area contributed by atoms with Crippen LogP contribution in [0, 0.1) is 0 Å². The molecular weight excluding hydrogens is 304 g/mol. The summed E-state index contributed by atoms with van der Waals surface area (Å²) in [5, 5.41) is 11.4. The van der Waals surface area contributed by atoms with Crippen LogP contribution in [0.4, 0.5) is 0 Å². The first-order chi connectivity index (χ1) is 11.7. The Balaban J connectivity index is 1.84. The standard InChI is InChI=1S/C20H18O4/c1-23-16-11-9-14(10-12-16)13-19(20(21)22)24-18-8-4-6-15-5-2-3-7-17(15)18/h2-12,19H,13H2,1H3,(H,21,22)/t19-/m0/s1. The fourth-order valence-corrected chi connectivity index (χ4v) is 2.61. The summed E-state index contributed by atoms with van der Waals surface area (Å²) in [6, 6.07) is 20.7. The molecule has 0 saturated carbocycles. The molecule has 0 aliphatic rings. The molecule has 3 aromatic carbocycles. The average Bonchev–Trinajstić information content (AvgIpc) is 2.62. The molecule has 0 heterocycles. The summed E-state index contributed by atoms with van der Waals surface area (Å²) in [5.74, 6) is 0.327. The van der Waals surface area contributed by atoms with E-state index in [-0.39, 0.29) is 6.42 Å². The molecule has 122 valence electrons. The number of carbonyl (C=O) groups is 1. The SMILES string of the molecule is COc1ccc(C[C@H](Oc2cccc3ccccc23)C(=O)O)cc1. The lowest BCUT2D eigenvalue weighted by Crippen LogP contribution is -2.29. The highest BCUT2D eigenvalue weighted by molar-refractivity contribution is 5.88. The maximum Gasteiger partial charge on any atom is 0.345 e. The number of methoxy groups -OCH3 is 1. The van der Waals surface area contributed by atoms with E-state index in [1.165, 1.54) is 0 Å². The number of ether oxygens (including phenoxy) is 2. The lowest BCUT2D eigenvalue weighted by molar-refractivity contribution is -0.144. The summed E-state index contributed by atoms with van der Waals surface area (Å²) in [6.07, 6.45) is -0.674. The predicted molar refractivity (Wildman–Crippen MR) is 92.7 cm³/mol. The zero-order valence-corrected chi connectivity index (χ0v) is 13.3. The topological polar surface area (TPSA) is 55.8 Å². The first-order valence-electron chi connectivity index (χ1n) is 7.67. The summed E-state index contributed by atoms with van der Waals surface area (Å²) in [5.41, 5.74) is 0.878. The van der Waals surface area contributed by atoms with Gasteiger partial charge in [-0.1, -0.05) is 48.5 Å². The zero-order chi connectivity index (χ0) is 16.9. The van der Waals surface area contributed by atoms with Crippen LogP contribution in [0.2, 0.25) is 0 Å². The van der Waals surface area contributed by atoms with Crippen molar-refractivity contribution in [1.82, 2.24) is 0 Å². The molecule has 24 heavy (non-hydrogen) atoms. The Hall–Kier alpha value is -3.01. The van der Waals surface area contributed by atoms with Crippen LogP contribution in [0.3, 0.4) is 0 Å². The molecule has 4 heteroatoms. The van der Waals surface area contributed by atoms with Crippen molar-refractivity contribution in [3.05, 3.63) is 72.3 Å². The van der Waals surface area contributed by atoms with Crippen LogP contribution in [0.1, 0.15) is 5.56 Å². The molecule has 0 spiro atoms. The van der Waals surface area contributed by atoms with Crippen LogP contribution < -0.4 is 9.47 Å². The van der Waals surface area contributed by atoms with E-state index in [1.54, 1.807) is 13.2 Å². The number of benzene rings is 3. The van der Waals surface area contributed by atoms with Gasteiger partial charge in [0.05, 0.1) is 7.11 Å². The summed E-state index contributed by atoms with van der Waals surface area (Å²) < 4.78 is 10.9. The second-order valence-corrected chi connectivity index (χ2v) is 5.47. The van der Waals surface area contributed by atoms with E-state index in [0.717, 1.165) is 22.1 Å². The summed E-state index contributed by atoms with van der Waals surface area (Å²) in [7, 11) is 1.60. The van der Waals surface area contributed by atoms with Crippen molar-refractivity contribution in [3.8, 4) is 11.5 Å². The highest BCUT2D eigenvalue weighted by atomic mass is 16.5. The number of carboxylic acid groups (broad SMARTS) is 1. The van der Waals surface area contributed by atoms with Crippen molar-refractivity contribution < 1.29 is 19.4 Å². The third kappa shape index (κ3) is 3.49. The minimum absolute atomic E-state index is 0.280. The van der Waals surface area contributed by atoms with Gasteiger partial charge in [0, 0.05) is 11.8 Å². The smallest absolute Gasteiger partial charge is 0.345 e. The van der Waals surface area contributed by atoms with E-state index in [9.17, 15) is 9.90 Å². The van der Waals surface area contributed by atoms with Gasteiger partial charge in [0.2, 0.25) is 0 Å². The number of hydrogen-bond donors (Lipinski definition) is 1. The van der Waals surface area contributed by atoms with Gasteiger partial charge in [-0.05, 0) is 29.1 Å². The Morgan fingerprint density at radius 3 is 2.42 bits per heavy atom. The highest BCUT2D eigenvalue weighted by Crippen LogP contribution is 2.27. The first-order valence-corrected chi connectivity index (χ1v) is 7.67. The van der Waals surface area contributed by atoms with Crippen LogP contribution >= 0.6 is 0 Å². The molecule has 4 nitrogen and oxygen atoms in total. The Morgan fingerprint density at radius 2 is 1.71 bits per heavy atom. The quantitative estimate of drug-likeness (QED) is 0.747. The second-order valence-electron chi connectivity index (χ2n) is 5.47. The van der Waals surface area contributed by atoms with Gasteiger partial charge in [0.1, 0.15) is 11.5 Å². The van der Waals surface area contributed by atoms with Gasteiger partial charge in [-0.15, -0.1) is 0 Å². The van der Waals surface area contributed by atoms with Crippen LogP contribution in [-0.4, -0.2) is 24.3 Å². The molecule has 0 aromatic heterocycles. The normalized spacial score (nSPS) is 11.9. The molecule has 0 saturated heterocycles. The van der Waals surface area contributed by atoms with Gasteiger partial charge in [-0.2, -0.15) is 0 Å². The van der Waals surface area contributed by atoms with Crippen LogP contribution in [0.15, 0.2) is 66.7 Å². The number of aliphatic carboxylic acids is 1. The maximum atomic E-state index is 11.6. The largest absolute Gasteiger partial charge is 0.497 e. The van der Waals surface area contributed by atoms with Gasteiger partial charge in [0.25, 0.3) is 0 Å². The van der Waals surface area contributed by atoms with Gasteiger partial charge in [-0.3, -0.25) is 0 Å². The number of carboxylic acids is 1. The number of fused-ring (bicyclic) bond motifs is 1. The van der Waals surface area contributed by atoms with E-state index in [2.05, 4.69) is 0 Å².